The molecule has 5 heteroatoms. The second kappa shape index (κ2) is 4.83. The van der Waals surface area contributed by atoms with Crippen LogP contribution in [0.5, 0.6) is 0 Å². The van der Waals surface area contributed by atoms with Crippen molar-refractivity contribution in [1.29, 1.82) is 0 Å². The van der Waals surface area contributed by atoms with Crippen LogP contribution in [0.25, 0.3) is 11.1 Å². The number of hydrogen-bond donors (Lipinski definition) is 0. The van der Waals surface area contributed by atoms with E-state index < -0.39 is 11.8 Å². The lowest BCUT2D eigenvalue weighted by molar-refractivity contribution is 0.0564. The van der Waals surface area contributed by atoms with E-state index in [1.54, 1.807) is 6.07 Å². The van der Waals surface area contributed by atoms with E-state index in [0.29, 0.717) is 6.29 Å². The summed E-state index contributed by atoms with van der Waals surface area (Å²) in [5.41, 5.74) is 0.419. The molecule has 92 valence electrons. The fourth-order valence-corrected chi connectivity index (χ4v) is 1.58. The lowest BCUT2D eigenvalue weighted by atomic mass is 10.1. The third kappa shape index (κ3) is 2.02. The zero-order valence-corrected chi connectivity index (χ0v) is 9.48. The number of furan rings is 1. The fourth-order valence-electron chi connectivity index (χ4n) is 1.58. The van der Waals surface area contributed by atoms with Gasteiger partial charge in [0, 0.05) is 17.2 Å². The highest BCUT2D eigenvalue weighted by Gasteiger charge is 2.19. The quantitative estimate of drug-likeness (QED) is 0.619. The number of hydrogen-bond acceptors (Lipinski definition) is 4. The summed E-state index contributed by atoms with van der Waals surface area (Å²) in [5.74, 6) is -1.48. The van der Waals surface area contributed by atoms with E-state index in [-0.39, 0.29) is 22.6 Å². The standard InChI is InChI=1S/C13H9FO4/c1-17-13(16)11-6-9(12(7-15)18-11)8-4-2-3-5-10(8)14/h2-7H,1H3. The molecule has 0 unspecified atom stereocenters. The first kappa shape index (κ1) is 12.0. The van der Waals surface area contributed by atoms with Crippen LogP contribution in [0, 0.1) is 5.82 Å². The highest BCUT2D eigenvalue weighted by molar-refractivity contribution is 5.92. The van der Waals surface area contributed by atoms with Crippen molar-refractivity contribution in [2.45, 2.75) is 0 Å². The molecule has 0 N–H and O–H groups in total. The monoisotopic (exact) mass is 248 g/mol. The second-order valence-electron chi connectivity index (χ2n) is 3.48. The third-order valence-corrected chi connectivity index (χ3v) is 2.42. The van der Waals surface area contributed by atoms with Crippen molar-refractivity contribution >= 4 is 12.3 Å². The molecule has 1 aromatic carbocycles. The predicted molar refractivity (Wildman–Crippen MR) is 60.8 cm³/mol. The summed E-state index contributed by atoms with van der Waals surface area (Å²) in [6.07, 6.45) is 0.425. The van der Waals surface area contributed by atoms with Crippen LogP contribution in [0.3, 0.4) is 0 Å². The first-order valence-corrected chi connectivity index (χ1v) is 5.09. The molecule has 0 saturated heterocycles. The Morgan fingerprint density at radius 2 is 2.06 bits per heavy atom. The average molecular weight is 248 g/mol. The van der Waals surface area contributed by atoms with E-state index >= 15 is 0 Å². The molecule has 0 bridgehead atoms. The first-order valence-electron chi connectivity index (χ1n) is 5.09. The van der Waals surface area contributed by atoms with Crippen LogP contribution in [0.2, 0.25) is 0 Å². The van der Waals surface area contributed by atoms with Gasteiger partial charge in [0.2, 0.25) is 5.76 Å². The van der Waals surface area contributed by atoms with Gasteiger partial charge in [-0.2, -0.15) is 0 Å². The van der Waals surface area contributed by atoms with Gasteiger partial charge in [0.15, 0.2) is 12.0 Å². The highest BCUT2D eigenvalue weighted by Crippen LogP contribution is 2.28. The lowest BCUT2D eigenvalue weighted by Crippen LogP contribution is -1.98. The Morgan fingerprint density at radius 3 is 2.67 bits per heavy atom. The smallest absolute Gasteiger partial charge is 0.373 e. The van der Waals surface area contributed by atoms with E-state index in [1.807, 2.05) is 0 Å². The molecule has 0 saturated carbocycles. The molecule has 4 nitrogen and oxygen atoms in total. The van der Waals surface area contributed by atoms with Crippen LogP contribution in [-0.4, -0.2) is 19.4 Å². The average Bonchev–Trinajstić information content (AvgIpc) is 2.82. The Kier molecular flexibility index (Phi) is 3.23. The first-order chi connectivity index (χ1) is 8.67. The second-order valence-corrected chi connectivity index (χ2v) is 3.48. The van der Waals surface area contributed by atoms with Gasteiger partial charge < -0.3 is 9.15 Å². The van der Waals surface area contributed by atoms with Crippen molar-refractivity contribution in [3.05, 3.63) is 47.7 Å². The van der Waals surface area contributed by atoms with Crippen LogP contribution in [0.1, 0.15) is 21.1 Å². The molecule has 0 aliphatic heterocycles. The Hall–Kier alpha value is -2.43. The van der Waals surface area contributed by atoms with E-state index in [9.17, 15) is 14.0 Å². The Labute approximate surface area is 102 Å². The molecule has 2 rings (SSSR count). The minimum atomic E-state index is -0.722. The van der Waals surface area contributed by atoms with Gasteiger partial charge in [0.1, 0.15) is 5.82 Å². The molecule has 1 heterocycles. The molecular weight excluding hydrogens is 239 g/mol. The van der Waals surface area contributed by atoms with Gasteiger partial charge in [0.05, 0.1) is 7.11 Å². The topological polar surface area (TPSA) is 56.5 Å². The summed E-state index contributed by atoms with van der Waals surface area (Å²) in [6.45, 7) is 0. The number of ether oxygens (including phenoxy) is 1. The SMILES string of the molecule is COC(=O)c1cc(-c2ccccc2F)c(C=O)o1. The lowest BCUT2D eigenvalue weighted by Gasteiger charge is -1.99. The third-order valence-electron chi connectivity index (χ3n) is 2.42. The summed E-state index contributed by atoms with van der Waals surface area (Å²) in [4.78, 5) is 22.2. The van der Waals surface area contributed by atoms with E-state index in [2.05, 4.69) is 4.74 Å². The molecule has 0 radical (unpaired) electrons. The Bertz CT molecular complexity index is 601. The number of carbonyl (C=O) groups excluding carboxylic acids is 2. The van der Waals surface area contributed by atoms with Gasteiger partial charge in [0.25, 0.3) is 0 Å². The summed E-state index contributed by atoms with van der Waals surface area (Å²) < 4.78 is 23.1. The van der Waals surface area contributed by atoms with Gasteiger partial charge in [-0.3, -0.25) is 4.79 Å². The van der Waals surface area contributed by atoms with Crippen molar-refractivity contribution in [1.82, 2.24) is 0 Å². The van der Waals surface area contributed by atoms with Gasteiger partial charge >= 0.3 is 5.97 Å². The summed E-state index contributed by atoms with van der Waals surface area (Å²) in [6, 6.07) is 7.19. The van der Waals surface area contributed by atoms with Crippen LogP contribution in [-0.2, 0) is 4.74 Å². The van der Waals surface area contributed by atoms with Crippen molar-refractivity contribution < 1.29 is 23.1 Å². The number of rotatable bonds is 3. The van der Waals surface area contributed by atoms with Crippen LogP contribution >= 0.6 is 0 Å². The minimum absolute atomic E-state index is 0.111. The maximum Gasteiger partial charge on any atom is 0.373 e. The predicted octanol–water partition coefficient (Wildman–Crippen LogP) is 2.68. The summed E-state index contributed by atoms with van der Waals surface area (Å²) in [7, 11) is 1.19. The largest absolute Gasteiger partial charge is 0.463 e. The van der Waals surface area contributed by atoms with Gasteiger partial charge in [-0.15, -0.1) is 0 Å². The number of aldehydes is 1. The molecule has 0 aliphatic carbocycles. The molecule has 0 atom stereocenters. The van der Waals surface area contributed by atoms with Crippen molar-refractivity contribution in [2.75, 3.05) is 7.11 Å². The maximum atomic E-state index is 13.6. The van der Waals surface area contributed by atoms with Crippen molar-refractivity contribution in [3.8, 4) is 11.1 Å². The van der Waals surface area contributed by atoms with E-state index in [0.717, 1.165) is 0 Å². The Morgan fingerprint density at radius 1 is 1.33 bits per heavy atom. The maximum absolute atomic E-state index is 13.6. The normalized spacial score (nSPS) is 10.1. The molecule has 0 amide bonds. The number of carbonyl (C=O) groups is 2. The molecule has 2 aromatic rings. The molecule has 0 aliphatic rings. The Balaban J connectivity index is 2.57. The van der Waals surface area contributed by atoms with Crippen LogP contribution < -0.4 is 0 Å². The molecule has 0 spiro atoms. The van der Waals surface area contributed by atoms with Crippen molar-refractivity contribution in [3.63, 3.8) is 0 Å². The number of methoxy groups -OCH3 is 1. The van der Waals surface area contributed by atoms with Gasteiger partial charge in [-0.1, -0.05) is 18.2 Å². The number of benzene rings is 1. The number of esters is 1. The van der Waals surface area contributed by atoms with Crippen molar-refractivity contribution in [2.24, 2.45) is 0 Å². The molecule has 1 aromatic heterocycles. The highest BCUT2D eigenvalue weighted by atomic mass is 19.1. The molecule has 0 fully saturated rings. The fraction of sp³-hybridized carbons (Fsp3) is 0.0769. The minimum Gasteiger partial charge on any atom is -0.463 e. The van der Waals surface area contributed by atoms with E-state index in [4.69, 9.17) is 4.42 Å². The van der Waals surface area contributed by atoms with E-state index in [1.165, 1.54) is 31.4 Å². The van der Waals surface area contributed by atoms with Gasteiger partial charge in [-0.25, -0.2) is 9.18 Å². The van der Waals surface area contributed by atoms with Gasteiger partial charge in [-0.05, 0) is 6.07 Å². The summed E-state index contributed by atoms with van der Waals surface area (Å²) in [5, 5.41) is 0. The number of halogens is 1. The van der Waals surface area contributed by atoms with Crippen LogP contribution in [0.15, 0.2) is 34.7 Å². The zero-order chi connectivity index (χ0) is 13.1. The molecular formula is C13H9FO4. The van der Waals surface area contributed by atoms with Crippen LogP contribution in [0.4, 0.5) is 4.39 Å². The molecule has 18 heavy (non-hydrogen) atoms. The summed E-state index contributed by atoms with van der Waals surface area (Å²) >= 11 is 0. The zero-order valence-electron chi connectivity index (χ0n) is 9.48.